The van der Waals surface area contributed by atoms with Crippen LogP contribution in [0.2, 0.25) is 0 Å². The highest BCUT2D eigenvalue weighted by Gasteiger charge is 2.16. The highest BCUT2D eigenvalue weighted by molar-refractivity contribution is 7.92. The Morgan fingerprint density at radius 3 is 2.42 bits per heavy atom. The lowest BCUT2D eigenvalue weighted by atomic mass is 10.2. The number of nitrogens with zero attached hydrogens (tertiary/aromatic N) is 5. The summed E-state index contributed by atoms with van der Waals surface area (Å²) in [5.41, 5.74) is 3.42. The number of nitrogens with one attached hydrogen (secondary N) is 2. The van der Waals surface area contributed by atoms with Gasteiger partial charge in [0.15, 0.2) is 10.8 Å². The summed E-state index contributed by atoms with van der Waals surface area (Å²) in [6, 6.07) is 8.21. The van der Waals surface area contributed by atoms with E-state index in [0.29, 0.717) is 29.0 Å². The van der Waals surface area contributed by atoms with Crippen molar-refractivity contribution in [3.63, 3.8) is 0 Å². The molecule has 0 aliphatic heterocycles. The summed E-state index contributed by atoms with van der Waals surface area (Å²) >= 11 is 0. The van der Waals surface area contributed by atoms with Crippen molar-refractivity contribution in [2.45, 2.75) is 32.7 Å². The fraction of sp³-hybridized carbons (Fsp3) is 0.200. The zero-order valence-corrected chi connectivity index (χ0v) is 18.2. The average molecular weight is 440 g/mol. The number of anilines is 1. The molecule has 160 valence electrons. The highest BCUT2D eigenvalue weighted by atomic mass is 32.2. The van der Waals surface area contributed by atoms with E-state index in [2.05, 4.69) is 29.8 Å². The van der Waals surface area contributed by atoms with Crippen LogP contribution in [-0.2, 0) is 10.0 Å². The molecule has 3 aromatic heterocycles. The summed E-state index contributed by atoms with van der Waals surface area (Å²) in [6.45, 7) is 7.73. The van der Waals surface area contributed by atoms with E-state index < -0.39 is 10.0 Å². The number of imidazole rings is 1. The van der Waals surface area contributed by atoms with Gasteiger partial charge < -0.3 is 9.72 Å². The number of hydrogen-bond acceptors (Lipinski definition) is 7. The van der Waals surface area contributed by atoms with Gasteiger partial charge in [-0.25, -0.2) is 14.6 Å². The number of aromatic nitrogens is 6. The number of rotatable bonds is 6. The summed E-state index contributed by atoms with van der Waals surface area (Å²) in [5, 5.41) is 4.52. The molecule has 0 saturated heterocycles. The van der Waals surface area contributed by atoms with Crippen molar-refractivity contribution < 1.29 is 13.2 Å². The van der Waals surface area contributed by atoms with Crippen LogP contribution in [0, 0.1) is 27.7 Å². The minimum Gasteiger partial charge on any atom is -0.439 e. The molecular weight excluding hydrogens is 418 g/mol. The first-order valence-corrected chi connectivity index (χ1v) is 10.9. The van der Waals surface area contributed by atoms with Crippen LogP contribution in [0.25, 0.3) is 5.82 Å². The van der Waals surface area contributed by atoms with Gasteiger partial charge in [-0.3, -0.25) is 4.72 Å². The van der Waals surface area contributed by atoms with E-state index in [4.69, 9.17) is 4.74 Å². The standard InChI is InChI=1S/C20H21N7O3S/c1-12-13(2)25-27(14(12)3)18-9-19(24-15(4)23-18)30-17-7-5-16(6-8-17)26-31(28,29)20-10-21-11-22-20/h5-11,26H,1-4H3,(H,21,22). The second kappa shape index (κ2) is 7.84. The van der Waals surface area contributed by atoms with Gasteiger partial charge in [-0.1, -0.05) is 0 Å². The van der Waals surface area contributed by atoms with Gasteiger partial charge >= 0.3 is 0 Å². The molecule has 0 amide bonds. The van der Waals surface area contributed by atoms with E-state index in [0.717, 1.165) is 17.0 Å². The van der Waals surface area contributed by atoms with E-state index in [1.807, 2.05) is 20.8 Å². The van der Waals surface area contributed by atoms with Gasteiger partial charge in [-0.05, 0) is 57.5 Å². The van der Waals surface area contributed by atoms with Crippen LogP contribution in [0.4, 0.5) is 5.69 Å². The van der Waals surface area contributed by atoms with Gasteiger partial charge in [-0.2, -0.15) is 18.5 Å². The summed E-state index contributed by atoms with van der Waals surface area (Å²) in [6.07, 6.45) is 2.54. The van der Waals surface area contributed by atoms with Crippen molar-refractivity contribution in [3.8, 4) is 17.4 Å². The number of aromatic amines is 1. The lowest BCUT2D eigenvalue weighted by Gasteiger charge is -2.10. The van der Waals surface area contributed by atoms with Crippen molar-refractivity contribution in [2.75, 3.05) is 4.72 Å². The Kier molecular flexibility index (Phi) is 5.19. The minimum atomic E-state index is -3.73. The van der Waals surface area contributed by atoms with E-state index in [-0.39, 0.29) is 5.03 Å². The van der Waals surface area contributed by atoms with Crippen LogP contribution in [-0.4, -0.2) is 38.1 Å². The van der Waals surface area contributed by atoms with Crippen molar-refractivity contribution in [3.05, 3.63) is 65.6 Å². The predicted molar refractivity (Wildman–Crippen MR) is 114 cm³/mol. The maximum atomic E-state index is 12.3. The van der Waals surface area contributed by atoms with Crippen LogP contribution in [0.15, 0.2) is 47.9 Å². The average Bonchev–Trinajstić information content (AvgIpc) is 3.35. The first-order chi connectivity index (χ1) is 14.7. The van der Waals surface area contributed by atoms with Crippen molar-refractivity contribution >= 4 is 15.7 Å². The van der Waals surface area contributed by atoms with Crippen molar-refractivity contribution in [1.82, 2.24) is 29.7 Å². The number of sulfonamides is 1. The van der Waals surface area contributed by atoms with Crippen LogP contribution in [0.5, 0.6) is 11.6 Å². The Morgan fingerprint density at radius 1 is 1.06 bits per heavy atom. The maximum absolute atomic E-state index is 12.3. The molecule has 0 saturated carbocycles. The predicted octanol–water partition coefficient (Wildman–Crippen LogP) is 3.21. The zero-order chi connectivity index (χ0) is 22.2. The highest BCUT2D eigenvalue weighted by Crippen LogP contribution is 2.25. The molecule has 11 heteroatoms. The number of H-pyrrole nitrogens is 1. The smallest absolute Gasteiger partial charge is 0.278 e. The fourth-order valence-corrected chi connectivity index (χ4v) is 3.91. The SMILES string of the molecule is Cc1nc(Oc2ccc(NS(=O)(=O)c3cnc[nH]3)cc2)cc(-n2nc(C)c(C)c2C)n1. The fourth-order valence-electron chi connectivity index (χ4n) is 2.94. The normalized spacial score (nSPS) is 11.5. The third-order valence-corrected chi connectivity index (χ3v) is 6.07. The van der Waals surface area contributed by atoms with E-state index in [9.17, 15) is 8.42 Å². The van der Waals surface area contributed by atoms with Crippen molar-refractivity contribution in [1.29, 1.82) is 0 Å². The summed E-state index contributed by atoms with van der Waals surface area (Å²) in [5.74, 6) is 2.01. The Hall–Kier alpha value is -3.73. The third kappa shape index (κ3) is 4.26. The zero-order valence-electron chi connectivity index (χ0n) is 17.4. The first-order valence-electron chi connectivity index (χ1n) is 9.41. The molecule has 0 aliphatic rings. The van der Waals surface area contributed by atoms with Gasteiger partial charge in [-0.15, -0.1) is 0 Å². The van der Waals surface area contributed by atoms with E-state index >= 15 is 0 Å². The van der Waals surface area contributed by atoms with Gasteiger partial charge in [0.05, 0.1) is 18.2 Å². The minimum absolute atomic E-state index is 0.0174. The Morgan fingerprint density at radius 2 is 1.81 bits per heavy atom. The van der Waals surface area contributed by atoms with Crippen molar-refractivity contribution in [2.24, 2.45) is 0 Å². The molecule has 10 nitrogen and oxygen atoms in total. The molecule has 0 aliphatic carbocycles. The van der Waals surface area contributed by atoms with Gasteiger partial charge in [0.25, 0.3) is 10.0 Å². The van der Waals surface area contributed by atoms with Crippen LogP contribution in [0.1, 0.15) is 22.8 Å². The Balaban J connectivity index is 1.54. The molecule has 3 heterocycles. The number of benzene rings is 1. The summed E-state index contributed by atoms with van der Waals surface area (Å²) in [7, 11) is -3.73. The molecule has 2 N–H and O–H groups in total. The van der Waals surface area contributed by atoms with E-state index in [1.165, 1.54) is 12.5 Å². The lowest BCUT2D eigenvalue weighted by molar-refractivity contribution is 0.459. The molecule has 0 bridgehead atoms. The largest absolute Gasteiger partial charge is 0.439 e. The van der Waals surface area contributed by atoms with Crippen LogP contribution < -0.4 is 9.46 Å². The molecule has 1 aromatic carbocycles. The number of ether oxygens (including phenoxy) is 1. The quantitative estimate of drug-likeness (QED) is 0.472. The molecule has 0 unspecified atom stereocenters. The molecule has 0 fully saturated rings. The second-order valence-corrected chi connectivity index (χ2v) is 8.62. The molecule has 0 spiro atoms. The first kappa shape index (κ1) is 20.5. The van der Waals surface area contributed by atoms with Crippen LogP contribution >= 0.6 is 0 Å². The molecule has 0 atom stereocenters. The second-order valence-electron chi connectivity index (χ2n) is 6.97. The molecule has 4 rings (SSSR count). The molecule has 0 radical (unpaired) electrons. The van der Waals surface area contributed by atoms with Gasteiger partial charge in [0, 0.05) is 17.4 Å². The topological polar surface area (TPSA) is 128 Å². The lowest BCUT2D eigenvalue weighted by Crippen LogP contribution is -2.13. The molecule has 31 heavy (non-hydrogen) atoms. The van der Waals surface area contributed by atoms with Crippen LogP contribution in [0.3, 0.4) is 0 Å². The molecule has 4 aromatic rings. The van der Waals surface area contributed by atoms with E-state index in [1.54, 1.807) is 41.9 Å². The third-order valence-electron chi connectivity index (χ3n) is 4.76. The summed E-state index contributed by atoms with van der Waals surface area (Å²) < 4.78 is 34.6. The number of aryl methyl sites for hydroxylation is 2. The van der Waals surface area contributed by atoms with Gasteiger partial charge in [0.1, 0.15) is 11.6 Å². The Bertz CT molecular complexity index is 1330. The monoisotopic (exact) mass is 439 g/mol. The maximum Gasteiger partial charge on any atom is 0.278 e. The number of hydrogen-bond donors (Lipinski definition) is 2. The summed E-state index contributed by atoms with van der Waals surface area (Å²) in [4.78, 5) is 15.1. The van der Waals surface area contributed by atoms with Gasteiger partial charge in [0.2, 0.25) is 5.88 Å². The Labute approximate surface area is 179 Å². The molecular formula is C20H21N7O3S.